The zero-order chi connectivity index (χ0) is 15.2. The highest BCUT2D eigenvalue weighted by Gasteiger charge is 2.11. The Kier molecular flexibility index (Phi) is 5.31. The molecule has 2 aromatic carbocycles. The van der Waals surface area contributed by atoms with Gasteiger partial charge in [0, 0.05) is 18.2 Å². The van der Waals surface area contributed by atoms with Crippen LogP contribution >= 0.6 is 11.6 Å². The van der Waals surface area contributed by atoms with Crippen molar-refractivity contribution >= 4 is 11.6 Å². The minimum Gasteiger partial charge on any atom is -0.496 e. The number of ether oxygens (including phenoxy) is 3. The van der Waals surface area contributed by atoms with Crippen LogP contribution in [0.3, 0.4) is 0 Å². The van der Waals surface area contributed by atoms with E-state index in [9.17, 15) is 0 Å². The molecule has 2 aromatic rings. The largest absolute Gasteiger partial charge is 0.496 e. The molecule has 0 saturated heterocycles. The van der Waals surface area contributed by atoms with Crippen LogP contribution in [-0.2, 0) is 6.42 Å². The van der Waals surface area contributed by atoms with Crippen molar-refractivity contribution < 1.29 is 14.2 Å². The zero-order valence-electron chi connectivity index (χ0n) is 12.1. The summed E-state index contributed by atoms with van der Waals surface area (Å²) < 4.78 is 16.4. The lowest BCUT2D eigenvalue weighted by Gasteiger charge is -2.14. The van der Waals surface area contributed by atoms with E-state index in [0.717, 1.165) is 5.56 Å². The molecule has 0 unspecified atom stereocenters. The van der Waals surface area contributed by atoms with E-state index in [1.165, 1.54) is 0 Å². The van der Waals surface area contributed by atoms with E-state index in [-0.39, 0.29) is 0 Å². The molecule has 0 bridgehead atoms. The molecule has 0 heterocycles. The fourth-order valence-corrected chi connectivity index (χ4v) is 2.21. The van der Waals surface area contributed by atoms with Gasteiger partial charge in [0.05, 0.1) is 19.2 Å². The molecule has 0 aliphatic heterocycles. The van der Waals surface area contributed by atoms with Gasteiger partial charge in [0.2, 0.25) is 0 Å². The maximum Gasteiger partial charge on any atom is 0.149 e. The third-order valence-electron chi connectivity index (χ3n) is 3.01. The van der Waals surface area contributed by atoms with Crippen LogP contribution < -0.4 is 19.9 Å². The van der Waals surface area contributed by atoms with E-state index in [1.807, 2.05) is 12.1 Å². The number of benzene rings is 2. The first-order valence-corrected chi connectivity index (χ1v) is 6.94. The quantitative estimate of drug-likeness (QED) is 0.885. The molecule has 112 valence electrons. The molecule has 0 aromatic heterocycles. The fourth-order valence-electron chi connectivity index (χ4n) is 1.98. The van der Waals surface area contributed by atoms with Crippen LogP contribution in [0.5, 0.6) is 23.0 Å². The monoisotopic (exact) mass is 307 g/mol. The highest BCUT2D eigenvalue weighted by atomic mass is 35.5. The molecule has 0 amide bonds. The summed E-state index contributed by atoms with van der Waals surface area (Å²) >= 11 is 6.23. The highest BCUT2D eigenvalue weighted by molar-refractivity contribution is 6.32. The SMILES string of the molecule is COc1cc(OC)cc(Oc2c(Cl)cccc2CCN)c1. The Bertz CT molecular complexity index is 594. The van der Waals surface area contributed by atoms with E-state index in [4.69, 9.17) is 31.5 Å². The second-order valence-corrected chi connectivity index (χ2v) is 4.82. The molecular formula is C16H18ClNO3. The van der Waals surface area contributed by atoms with Crippen molar-refractivity contribution in [1.82, 2.24) is 0 Å². The number of nitrogens with two attached hydrogens (primary N) is 1. The second-order valence-electron chi connectivity index (χ2n) is 4.42. The number of hydrogen-bond acceptors (Lipinski definition) is 4. The molecule has 0 radical (unpaired) electrons. The van der Waals surface area contributed by atoms with E-state index in [2.05, 4.69) is 0 Å². The van der Waals surface area contributed by atoms with Gasteiger partial charge in [-0.2, -0.15) is 0 Å². The van der Waals surface area contributed by atoms with Crippen molar-refractivity contribution in [3.05, 3.63) is 47.0 Å². The summed E-state index contributed by atoms with van der Waals surface area (Å²) in [5.74, 6) is 2.51. The van der Waals surface area contributed by atoms with Crippen molar-refractivity contribution in [3.8, 4) is 23.0 Å². The Morgan fingerprint density at radius 1 is 1.00 bits per heavy atom. The summed E-state index contributed by atoms with van der Waals surface area (Å²) in [7, 11) is 3.18. The molecule has 0 spiro atoms. The highest BCUT2D eigenvalue weighted by Crippen LogP contribution is 2.36. The number of halogens is 1. The van der Waals surface area contributed by atoms with Gasteiger partial charge < -0.3 is 19.9 Å². The third kappa shape index (κ3) is 3.80. The average molecular weight is 308 g/mol. The van der Waals surface area contributed by atoms with Crippen LogP contribution in [0.25, 0.3) is 0 Å². The van der Waals surface area contributed by atoms with Crippen molar-refractivity contribution in [2.45, 2.75) is 6.42 Å². The summed E-state index contributed by atoms with van der Waals surface area (Å²) in [5.41, 5.74) is 6.59. The first-order chi connectivity index (χ1) is 10.2. The molecule has 5 heteroatoms. The van der Waals surface area contributed by atoms with Crippen LogP contribution in [0.4, 0.5) is 0 Å². The summed E-state index contributed by atoms with van der Waals surface area (Å²) in [6, 6.07) is 10.9. The van der Waals surface area contributed by atoms with Crippen molar-refractivity contribution in [1.29, 1.82) is 0 Å². The maximum absolute atomic E-state index is 6.23. The van der Waals surface area contributed by atoms with Crippen molar-refractivity contribution in [3.63, 3.8) is 0 Å². The molecule has 2 rings (SSSR count). The number of rotatable bonds is 6. The van der Waals surface area contributed by atoms with Gasteiger partial charge in [0.1, 0.15) is 23.0 Å². The number of methoxy groups -OCH3 is 2. The third-order valence-corrected chi connectivity index (χ3v) is 3.30. The second kappa shape index (κ2) is 7.20. The molecular weight excluding hydrogens is 290 g/mol. The van der Waals surface area contributed by atoms with E-state index >= 15 is 0 Å². The molecule has 4 nitrogen and oxygen atoms in total. The Labute approximate surface area is 129 Å². The number of para-hydroxylation sites is 1. The van der Waals surface area contributed by atoms with Gasteiger partial charge in [0.15, 0.2) is 0 Å². The minimum atomic E-state index is 0.526. The average Bonchev–Trinajstić information content (AvgIpc) is 2.50. The van der Waals surface area contributed by atoms with Crippen LogP contribution in [0.2, 0.25) is 5.02 Å². The number of hydrogen-bond donors (Lipinski definition) is 1. The minimum absolute atomic E-state index is 0.526. The zero-order valence-corrected chi connectivity index (χ0v) is 12.8. The predicted molar refractivity (Wildman–Crippen MR) is 83.8 cm³/mol. The van der Waals surface area contributed by atoms with Crippen LogP contribution in [0.1, 0.15) is 5.56 Å². The van der Waals surface area contributed by atoms with Gasteiger partial charge in [-0.15, -0.1) is 0 Å². The van der Waals surface area contributed by atoms with Crippen molar-refractivity contribution in [2.24, 2.45) is 5.73 Å². The summed E-state index contributed by atoms with van der Waals surface area (Å²) in [4.78, 5) is 0. The van der Waals surface area contributed by atoms with Gasteiger partial charge in [0.25, 0.3) is 0 Å². The van der Waals surface area contributed by atoms with Gasteiger partial charge >= 0.3 is 0 Å². The van der Waals surface area contributed by atoms with E-state index < -0.39 is 0 Å². The molecule has 0 fully saturated rings. The molecule has 2 N–H and O–H groups in total. The lowest BCUT2D eigenvalue weighted by Crippen LogP contribution is -2.04. The van der Waals surface area contributed by atoms with Gasteiger partial charge in [-0.1, -0.05) is 23.7 Å². The molecule has 0 atom stereocenters. The maximum atomic E-state index is 6.23. The van der Waals surface area contributed by atoms with E-state index in [1.54, 1.807) is 38.5 Å². The molecule has 0 aliphatic rings. The Hall–Kier alpha value is -1.91. The van der Waals surface area contributed by atoms with E-state index in [0.29, 0.717) is 41.0 Å². The molecule has 0 aliphatic carbocycles. The van der Waals surface area contributed by atoms with Gasteiger partial charge in [-0.25, -0.2) is 0 Å². The molecule has 0 saturated carbocycles. The molecule has 21 heavy (non-hydrogen) atoms. The standard InChI is InChI=1S/C16H18ClNO3/c1-19-12-8-13(20-2)10-14(9-12)21-16-11(6-7-18)4-3-5-15(16)17/h3-5,8-10H,6-7,18H2,1-2H3. The smallest absolute Gasteiger partial charge is 0.149 e. The van der Waals surface area contributed by atoms with Crippen molar-refractivity contribution in [2.75, 3.05) is 20.8 Å². The van der Waals surface area contributed by atoms with Crippen LogP contribution in [-0.4, -0.2) is 20.8 Å². The van der Waals surface area contributed by atoms with Gasteiger partial charge in [-0.05, 0) is 24.6 Å². The topological polar surface area (TPSA) is 53.7 Å². The fraction of sp³-hybridized carbons (Fsp3) is 0.250. The normalized spacial score (nSPS) is 10.3. The van der Waals surface area contributed by atoms with Gasteiger partial charge in [-0.3, -0.25) is 0 Å². The summed E-state index contributed by atoms with van der Waals surface area (Å²) in [5, 5.41) is 0.544. The Morgan fingerprint density at radius 3 is 2.19 bits per heavy atom. The first kappa shape index (κ1) is 15.5. The first-order valence-electron chi connectivity index (χ1n) is 6.56. The lowest BCUT2D eigenvalue weighted by atomic mass is 10.1. The lowest BCUT2D eigenvalue weighted by molar-refractivity contribution is 0.386. The Balaban J connectivity index is 2.37. The summed E-state index contributed by atoms with van der Waals surface area (Å²) in [6.07, 6.45) is 0.691. The van der Waals surface area contributed by atoms with Crippen LogP contribution in [0, 0.1) is 0 Å². The summed E-state index contributed by atoms with van der Waals surface area (Å²) in [6.45, 7) is 0.526. The Morgan fingerprint density at radius 2 is 1.62 bits per heavy atom. The van der Waals surface area contributed by atoms with Crippen LogP contribution in [0.15, 0.2) is 36.4 Å². The predicted octanol–water partition coefficient (Wildman–Crippen LogP) is 3.65.